The second-order valence-corrected chi connectivity index (χ2v) is 6.98. The van der Waals surface area contributed by atoms with Crippen molar-refractivity contribution in [2.75, 3.05) is 13.1 Å². The maximum Gasteiger partial charge on any atom is 0.255 e. The average Bonchev–Trinajstić information content (AvgIpc) is 3.08. The van der Waals surface area contributed by atoms with Crippen LogP contribution in [0.5, 0.6) is 0 Å². The number of carbonyl (C=O) groups excluding carboxylic acids is 1. The summed E-state index contributed by atoms with van der Waals surface area (Å²) in [5, 5.41) is 3.50. The van der Waals surface area contributed by atoms with Crippen molar-refractivity contribution in [1.29, 1.82) is 0 Å². The van der Waals surface area contributed by atoms with E-state index in [-0.39, 0.29) is 24.4 Å². The van der Waals surface area contributed by atoms with Crippen LogP contribution in [0, 0.1) is 6.92 Å². The first kappa shape index (κ1) is 18.0. The summed E-state index contributed by atoms with van der Waals surface area (Å²) in [5.41, 5.74) is 5.85. The normalized spacial score (nSPS) is 21.5. The summed E-state index contributed by atoms with van der Waals surface area (Å²) in [7, 11) is 0. The third kappa shape index (κ3) is 3.07. The van der Waals surface area contributed by atoms with Crippen molar-refractivity contribution in [2.24, 2.45) is 0 Å². The van der Waals surface area contributed by atoms with Gasteiger partial charge < -0.3 is 10.2 Å². The van der Waals surface area contributed by atoms with Crippen molar-refractivity contribution in [3.63, 3.8) is 0 Å². The summed E-state index contributed by atoms with van der Waals surface area (Å²) >= 11 is 0. The molecule has 2 aliphatic rings. The third-order valence-electron chi connectivity index (χ3n) is 5.49. The van der Waals surface area contributed by atoms with Crippen LogP contribution in [-0.2, 0) is 13.0 Å². The first-order chi connectivity index (χ1) is 11.7. The molecule has 2 heterocycles. The van der Waals surface area contributed by atoms with E-state index in [1.807, 2.05) is 18.2 Å². The van der Waals surface area contributed by atoms with Crippen LogP contribution in [0.3, 0.4) is 0 Å². The first-order valence-electron chi connectivity index (χ1n) is 8.88. The SMILES string of the molecule is CCc1cc(C)c2c(c1)[C@@H]1CNC[C@H]1N(Cc1ccccc1)C2=O.Cl. The molecule has 2 atom stereocenters. The highest BCUT2D eigenvalue weighted by atomic mass is 35.5. The molecule has 25 heavy (non-hydrogen) atoms. The van der Waals surface area contributed by atoms with Crippen LogP contribution in [-0.4, -0.2) is 29.9 Å². The largest absolute Gasteiger partial charge is 0.329 e. The van der Waals surface area contributed by atoms with Crippen LogP contribution >= 0.6 is 12.4 Å². The lowest BCUT2D eigenvalue weighted by molar-refractivity contribution is 0.0629. The van der Waals surface area contributed by atoms with E-state index < -0.39 is 0 Å². The lowest BCUT2D eigenvalue weighted by Crippen LogP contribution is -2.48. The molecule has 2 aromatic carbocycles. The maximum absolute atomic E-state index is 13.3. The number of aryl methyl sites for hydroxylation is 2. The fourth-order valence-electron chi connectivity index (χ4n) is 4.25. The van der Waals surface area contributed by atoms with Crippen LogP contribution in [0.4, 0.5) is 0 Å². The molecule has 0 saturated carbocycles. The minimum absolute atomic E-state index is 0. The van der Waals surface area contributed by atoms with Gasteiger partial charge in [0.05, 0.1) is 6.04 Å². The molecule has 1 amide bonds. The smallest absolute Gasteiger partial charge is 0.255 e. The molecule has 1 N–H and O–H groups in total. The molecule has 0 radical (unpaired) electrons. The number of halogens is 1. The summed E-state index contributed by atoms with van der Waals surface area (Å²) in [6, 6.07) is 15.0. The zero-order valence-electron chi connectivity index (χ0n) is 14.8. The van der Waals surface area contributed by atoms with E-state index in [0.29, 0.717) is 12.5 Å². The van der Waals surface area contributed by atoms with Crippen molar-refractivity contribution < 1.29 is 4.79 Å². The minimum atomic E-state index is 0. The van der Waals surface area contributed by atoms with E-state index in [0.717, 1.165) is 30.6 Å². The summed E-state index contributed by atoms with van der Waals surface area (Å²) < 4.78 is 0. The summed E-state index contributed by atoms with van der Waals surface area (Å²) in [5.74, 6) is 0.602. The third-order valence-corrected chi connectivity index (χ3v) is 5.49. The molecule has 1 saturated heterocycles. The van der Waals surface area contributed by atoms with Gasteiger partial charge in [-0.25, -0.2) is 0 Å². The van der Waals surface area contributed by atoms with Crippen LogP contribution in [0.1, 0.15) is 45.5 Å². The molecule has 3 nitrogen and oxygen atoms in total. The van der Waals surface area contributed by atoms with Crippen molar-refractivity contribution >= 4 is 18.3 Å². The number of rotatable bonds is 3. The first-order valence-corrected chi connectivity index (χ1v) is 8.88. The Kier molecular flexibility index (Phi) is 5.16. The molecule has 0 unspecified atom stereocenters. The summed E-state index contributed by atoms with van der Waals surface area (Å²) in [4.78, 5) is 15.4. The molecular formula is C21H25ClN2O. The Bertz CT molecular complexity index is 775. The van der Waals surface area contributed by atoms with Crippen LogP contribution in [0.25, 0.3) is 0 Å². The van der Waals surface area contributed by atoms with Gasteiger partial charge >= 0.3 is 0 Å². The zero-order valence-corrected chi connectivity index (χ0v) is 15.6. The van der Waals surface area contributed by atoms with Crippen LogP contribution in [0.15, 0.2) is 42.5 Å². The molecule has 0 bridgehead atoms. The van der Waals surface area contributed by atoms with Crippen molar-refractivity contribution in [3.05, 3.63) is 70.3 Å². The molecular weight excluding hydrogens is 332 g/mol. The van der Waals surface area contributed by atoms with Gasteiger partial charge in [-0.1, -0.05) is 49.4 Å². The number of carbonyl (C=O) groups is 1. The van der Waals surface area contributed by atoms with Crippen molar-refractivity contribution in [2.45, 2.75) is 38.8 Å². The van der Waals surface area contributed by atoms with Gasteiger partial charge in [0.1, 0.15) is 0 Å². The lowest BCUT2D eigenvalue weighted by atomic mass is 9.81. The lowest BCUT2D eigenvalue weighted by Gasteiger charge is -2.39. The van der Waals surface area contributed by atoms with Gasteiger partial charge in [-0.2, -0.15) is 0 Å². The number of fused-ring (bicyclic) bond motifs is 3. The molecule has 4 heteroatoms. The Morgan fingerprint density at radius 2 is 1.88 bits per heavy atom. The number of hydrogen-bond acceptors (Lipinski definition) is 2. The Morgan fingerprint density at radius 3 is 2.60 bits per heavy atom. The highest BCUT2D eigenvalue weighted by Crippen LogP contribution is 2.38. The molecule has 132 valence electrons. The van der Waals surface area contributed by atoms with E-state index >= 15 is 0 Å². The van der Waals surface area contributed by atoms with Crippen molar-refractivity contribution in [1.82, 2.24) is 10.2 Å². The van der Waals surface area contributed by atoms with E-state index in [4.69, 9.17) is 0 Å². The molecule has 2 aliphatic heterocycles. The van der Waals surface area contributed by atoms with Gasteiger partial charge in [-0.3, -0.25) is 4.79 Å². The summed E-state index contributed by atoms with van der Waals surface area (Å²) in [6.07, 6.45) is 1.01. The molecule has 0 aromatic heterocycles. The van der Waals surface area contributed by atoms with E-state index in [1.54, 1.807) is 0 Å². The quantitative estimate of drug-likeness (QED) is 0.909. The standard InChI is InChI=1S/C21H24N2O.ClH/c1-3-15-9-14(2)20-17(10-15)18-11-22-12-19(18)23(21(20)24)13-16-7-5-4-6-8-16;/h4-10,18-19,22H,3,11-13H2,1-2H3;1H/t18-,19+;/m0./s1. The molecule has 0 spiro atoms. The Labute approximate surface area is 155 Å². The van der Waals surface area contributed by atoms with E-state index in [9.17, 15) is 4.79 Å². The summed E-state index contributed by atoms with van der Waals surface area (Å²) in [6.45, 7) is 6.80. The molecule has 0 aliphatic carbocycles. The molecule has 1 fully saturated rings. The number of hydrogen-bond donors (Lipinski definition) is 1. The second-order valence-electron chi connectivity index (χ2n) is 6.98. The van der Waals surface area contributed by atoms with E-state index in [1.165, 1.54) is 16.7 Å². The second kappa shape index (κ2) is 7.19. The zero-order chi connectivity index (χ0) is 16.7. The topological polar surface area (TPSA) is 32.3 Å². The predicted octanol–water partition coefficient (Wildman–Crippen LogP) is 3.69. The highest BCUT2D eigenvalue weighted by Gasteiger charge is 2.42. The Hall–Kier alpha value is -1.84. The fourth-order valence-corrected chi connectivity index (χ4v) is 4.25. The fraction of sp³-hybridized carbons (Fsp3) is 0.381. The van der Waals surface area contributed by atoms with Gasteiger partial charge in [0.2, 0.25) is 0 Å². The highest BCUT2D eigenvalue weighted by molar-refractivity contribution is 5.99. The average molecular weight is 357 g/mol. The van der Waals surface area contributed by atoms with Gasteiger partial charge in [-0.15, -0.1) is 12.4 Å². The van der Waals surface area contributed by atoms with Crippen molar-refractivity contribution in [3.8, 4) is 0 Å². The van der Waals surface area contributed by atoms with Crippen LogP contribution in [0.2, 0.25) is 0 Å². The number of nitrogens with one attached hydrogen (secondary N) is 1. The predicted molar refractivity (Wildman–Crippen MR) is 104 cm³/mol. The van der Waals surface area contributed by atoms with E-state index in [2.05, 4.69) is 48.3 Å². The maximum atomic E-state index is 13.3. The molecule has 4 rings (SSSR count). The Balaban J connectivity index is 0.00000182. The number of benzene rings is 2. The molecule has 2 aromatic rings. The number of nitrogens with zero attached hydrogens (tertiary/aromatic N) is 1. The number of amides is 1. The Morgan fingerprint density at radius 1 is 1.12 bits per heavy atom. The monoisotopic (exact) mass is 356 g/mol. The van der Waals surface area contributed by atoms with Gasteiger partial charge in [0.25, 0.3) is 5.91 Å². The van der Waals surface area contributed by atoms with Gasteiger partial charge in [0.15, 0.2) is 0 Å². The minimum Gasteiger partial charge on any atom is -0.329 e. The van der Waals surface area contributed by atoms with Crippen LogP contribution < -0.4 is 5.32 Å². The van der Waals surface area contributed by atoms with Gasteiger partial charge in [0, 0.05) is 31.1 Å². The van der Waals surface area contributed by atoms with Gasteiger partial charge in [-0.05, 0) is 35.6 Å².